The molecule has 7 nitrogen and oxygen atoms in total. The van der Waals surface area contributed by atoms with E-state index in [4.69, 9.17) is 34.8 Å². The maximum Gasteiger partial charge on any atom is 0.264 e. The third kappa shape index (κ3) is 8.16. The van der Waals surface area contributed by atoms with Crippen LogP contribution in [0.1, 0.15) is 44.4 Å². The number of amides is 2. The van der Waals surface area contributed by atoms with Crippen molar-refractivity contribution in [3.8, 4) is 0 Å². The van der Waals surface area contributed by atoms with Crippen LogP contribution in [-0.2, 0) is 26.2 Å². The second kappa shape index (κ2) is 13.0. The SMILES string of the molecule is Cc1ccc(N(CC(=O)N(Cc2c(Cl)cccc2Cl)C(C)C(=O)NC(C)(C)C)S(=O)(=O)c2ccc(Cl)cc2)cc1C. The Morgan fingerprint density at radius 3 is 2.02 bits per heavy atom. The van der Waals surface area contributed by atoms with Crippen LogP contribution in [0.5, 0.6) is 0 Å². The van der Waals surface area contributed by atoms with Crippen molar-refractivity contribution in [3.05, 3.63) is 92.4 Å². The highest BCUT2D eigenvalue weighted by Gasteiger charge is 2.34. The summed E-state index contributed by atoms with van der Waals surface area (Å²) >= 11 is 18.9. The molecule has 1 N–H and O–H groups in total. The van der Waals surface area contributed by atoms with Gasteiger partial charge in [0.05, 0.1) is 10.6 Å². The van der Waals surface area contributed by atoms with Crippen LogP contribution < -0.4 is 9.62 Å². The van der Waals surface area contributed by atoms with E-state index in [0.29, 0.717) is 26.3 Å². The first-order valence-electron chi connectivity index (χ1n) is 12.9. The lowest BCUT2D eigenvalue weighted by molar-refractivity contribution is -0.140. The van der Waals surface area contributed by atoms with E-state index in [2.05, 4.69) is 5.32 Å². The summed E-state index contributed by atoms with van der Waals surface area (Å²) in [6, 6.07) is 14.8. The molecule has 3 aromatic rings. The number of carbonyl (C=O) groups is 2. The Morgan fingerprint density at radius 2 is 1.49 bits per heavy atom. The number of rotatable bonds is 9. The van der Waals surface area contributed by atoms with Crippen LogP contribution in [0, 0.1) is 13.8 Å². The number of nitrogens with one attached hydrogen (secondary N) is 1. The first kappa shape index (κ1) is 32.7. The van der Waals surface area contributed by atoms with Gasteiger partial charge in [0, 0.05) is 32.7 Å². The quantitative estimate of drug-likeness (QED) is 0.280. The normalized spacial score (nSPS) is 12.5. The molecule has 1 atom stereocenters. The summed E-state index contributed by atoms with van der Waals surface area (Å²) in [6.45, 7) is 10.1. The zero-order valence-corrected chi connectivity index (χ0v) is 26.9. The summed E-state index contributed by atoms with van der Waals surface area (Å²) in [6.07, 6.45) is 0. The van der Waals surface area contributed by atoms with Crippen molar-refractivity contribution in [2.24, 2.45) is 0 Å². The molecular weight excluding hydrogens is 605 g/mol. The molecule has 220 valence electrons. The number of hydrogen-bond acceptors (Lipinski definition) is 4. The van der Waals surface area contributed by atoms with Gasteiger partial charge in [-0.15, -0.1) is 0 Å². The second-order valence-corrected chi connectivity index (χ2v) is 14.0. The Kier molecular flexibility index (Phi) is 10.4. The molecule has 3 rings (SSSR count). The summed E-state index contributed by atoms with van der Waals surface area (Å²) < 4.78 is 28.9. The highest BCUT2D eigenvalue weighted by molar-refractivity contribution is 7.92. The number of carbonyl (C=O) groups excluding carboxylic acids is 2. The van der Waals surface area contributed by atoms with Crippen LogP contribution in [-0.4, -0.2) is 43.3 Å². The number of aryl methyl sites for hydroxylation is 2. The molecule has 0 spiro atoms. The van der Waals surface area contributed by atoms with E-state index in [1.54, 1.807) is 43.3 Å². The zero-order chi connectivity index (χ0) is 30.7. The number of nitrogens with zero attached hydrogens (tertiary/aromatic N) is 2. The van der Waals surface area contributed by atoms with Crippen LogP contribution in [0.3, 0.4) is 0 Å². The molecule has 3 aromatic carbocycles. The Morgan fingerprint density at radius 1 is 0.902 bits per heavy atom. The highest BCUT2D eigenvalue weighted by atomic mass is 35.5. The molecule has 0 aliphatic heterocycles. The summed E-state index contributed by atoms with van der Waals surface area (Å²) in [5.74, 6) is -1.03. The lowest BCUT2D eigenvalue weighted by atomic mass is 10.1. The van der Waals surface area contributed by atoms with E-state index >= 15 is 0 Å². The third-order valence-corrected chi connectivity index (χ3v) is 9.26. The number of sulfonamides is 1. The zero-order valence-electron chi connectivity index (χ0n) is 23.8. The van der Waals surface area contributed by atoms with Gasteiger partial charge in [-0.1, -0.05) is 46.9 Å². The molecule has 0 saturated heterocycles. The fourth-order valence-electron chi connectivity index (χ4n) is 4.05. The minimum Gasteiger partial charge on any atom is -0.350 e. The summed E-state index contributed by atoms with van der Waals surface area (Å²) in [5, 5.41) is 3.90. The maximum atomic E-state index is 14.1. The molecule has 0 saturated carbocycles. The van der Waals surface area contributed by atoms with Gasteiger partial charge in [-0.2, -0.15) is 0 Å². The minimum atomic E-state index is -4.22. The van der Waals surface area contributed by atoms with Crippen LogP contribution in [0.4, 0.5) is 5.69 Å². The van der Waals surface area contributed by atoms with Gasteiger partial charge in [0.1, 0.15) is 12.6 Å². The van der Waals surface area contributed by atoms with Crippen LogP contribution in [0.2, 0.25) is 15.1 Å². The smallest absolute Gasteiger partial charge is 0.264 e. The van der Waals surface area contributed by atoms with Gasteiger partial charge in [0.2, 0.25) is 11.8 Å². The van der Waals surface area contributed by atoms with Gasteiger partial charge >= 0.3 is 0 Å². The number of anilines is 1. The third-order valence-electron chi connectivity index (χ3n) is 6.51. The Bertz CT molecular complexity index is 1520. The van der Waals surface area contributed by atoms with Crippen LogP contribution >= 0.6 is 34.8 Å². The maximum absolute atomic E-state index is 14.1. The predicted molar refractivity (Wildman–Crippen MR) is 166 cm³/mol. The molecular formula is C30H34Cl3N3O4S. The molecule has 41 heavy (non-hydrogen) atoms. The largest absolute Gasteiger partial charge is 0.350 e. The van der Waals surface area contributed by atoms with Gasteiger partial charge in [0.25, 0.3) is 10.0 Å². The van der Waals surface area contributed by atoms with E-state index in [-0.39, 0.29) is 11.4 Å². The van der Waals surface area contributed by atoms with E-state index in [9.17, 15) is 18.0 Å². The standard InChI is InChI=1S/C30H34Cl3N3O4S/c1-19-10-13-23(16-20(19)2)36(41(39,40)24-14-11-22(31)12-15-24)18-28(37)35(21(3)29(38)34-30(4,5)6)17-25-26(32)8-7-9-27(25)33/h7-16,21H,17-18H2,1-6H3,(H,34,38). The molecule has 0 radical (unpaired) electrons. The van der Waals surface area contributed by atoms with Crippen molar-refractivity contribution in [3.63, 3.8) is 0 Å². The number of benzene rings is 3. The van der Waals surface area contributed by atoms with Gasteiger partial charge in [-0.25, -0.2) is 8.42 Å². The van der Waals surface area contributed by atoms with E-state index in [1.165, 1.54) is 29.2 Å². The average Bonchev–Trinajstić information content (AvgIpc) is 2.87. The fraction of sp³-hybridized carbons (Fsp3) is 0.333. The second-order valence-electron chi connectivity index (χ2n) is 10.9. The monoisotopic (exact) mass is 637 g/mol. The van der Waals surface area contributed by atoms with Crippen molar-refractivity contribution < 1.29 is 18.0 Å². The molecule has 0 aromatic heterocycles. The molecule has 11 heteroatoms. The van der Waals surface area contributed by atoms with Crippen molar-refractivity contribution in [1.82, 2.24) is 10.2 Å². The first-order valence-corrected chi connectivity index (χ1v) is 15.5. The van der Waals surface area contributed by atoms with Gasteiger partial charge < -0.3 is 10.2 Å². The summed E-state index contributed by atoms with van der Waals surface area (Å²) in [5.41, 5.74) is 2.00. The Balaban J connectivity index is 2.10. The van der Waals surface area contributed by atoms with Crippen molar-refractivity contribution in [2.75, 3.05) is 10.8 Å². The number of halogens is 3. The van der Waals surface area contributed by atoms with Gasteiger partial charge in [-0.3, -0.25) is 13.9 Å². The summed E-state index contributed by atoms with van der Waals surface area (Å²) in [4.78, 5) is 28.6. The molecule has 0 bridgehead atoms. The highest BCUT2D eigenvalue weighted by Crippen LogP contribution is 2.29. The van der Waals surface area contributed by atoms with E-state index in [1.807, 2.05) is 34.6 Å². The topological polar surface area (TPSA) is 86.8 Å². The Labute approximate surface area is 257 Å². The molecule has 0 fully saturated rings. The van der Waals surface area contributed by atoms with E-state index < -0.39 is 40.0 Å². The summed E-state index contributed by atoms with van der Waals surface area (Å²) in [7, 11) is -4.22. The van der Waals surface area contributed by atoms with Crippen molar-refractivity contribution in [2.45, 2.75) is 64.6 Å². The lowest BCUT2D eigenvalue weighted by Gasteiger charge is -2.34. The molecule has 2 amide bonds. The lowest BCUT2D eigenvalue weighted by Crippen LogP contribution is -2.54. The predicted octanol–water partition coefficient (Wildman–Crippen LogP) is 6.79. The van der Waals surface area contributed by atoms with E-state index in [0.717, 1.165) is 15.4 Å². The average molecular weight is 639 g/mol. The molecule has 0 heterocycles. The Hall–Kier alpha value is -2.78. The first-order chi connectivity index (χ1) is 19.0. The molecule has 0 aliphatic rings. The van der Waals surface area contributed by atoms with Crippen LogP contribution in [0.25, 0.3) is 0 Å². The molecule has 1 unspecified atom stereocenters. The fourth-order valence-corrected chi connectivity index (χ4v) is 6.10. The molecule has 0 aliphatic carbocycles. The van der Waals surface area contributed by atoms with Crippen LogP contribution in [0.15, 0.2) is 65.6 Å². The minimum absolute atomic E-state index is 0.0350. The van der Waals surface area contributed by atoms with Crippen molar-refractivity contribution in [1.29, 1.82) is 0 Å². The van der Waals surface area contributed by atoms with Crippen molar-refractivity contribution >= 4 is 62.3 Å². The van der Waals surface area contributed by atoms with Gasteiger partial charge in [0.15, 0.2) is 0 Å². The van der Waals surface area contributed by atoms with Gasteiger partial charge in [-0.05, 0) is 101 Å². The number of hydrogen-bond donors (Lipinski definition) is 1.